The van der Waals surface area contributed by atoms with Crippen LogP contribution in [0.1, 0.15) is 37.0 Å². The predicted octanol–water partition coefficient (Wildman–Crippen LogP) is 3.28. The SMILES string of the molecule is COc1ccc(F)cc1C(C)Oc1cc(/C(C=N)=C/NC2CCNCC2)cnc1N. The fraction of sp³-hybridized carbons (Fsp3) is 0.364. The Morgan fingerprint density at radius 1 is 1.33 bits per heavy atom. The van der Waals surface area contributed by atoms with Gasteiger partial charge in [0.25, 0.3) is 0 Å². The predicted molar refractivity (Wildman–Crippen MR) is 116 cm³/mol. The molecule has 0 amide bonds. The van der Waals surface area contributed by atoms with Gasteiger partial charge in [0, 0.05) is 41.4 Å². The van der Waals surface area contributed by atoms with Crippen molar-refractivity contribution >= 4 is 17.6 Å². The molecule has 160 valence electrons. The van der Waals surface area contributed by atoms with E-state index in [1.165, 1.54) is 25.5 Å². The minimum Gasteiger partial charge on any atom is -0.496 e. The first kappa shape index (κ1) is 21.6. The number of nitrogens with two attached hydrogens (primary N) is 1. The van der Waals surface area contributed by atoms with Crippen LogP contribution < -0.4 is 25.8 Å². The molecule has 5 N–H and O–H groups in total. The number of pyridine rings is 1. The fourth-order valence-corrected chi connectivity index (χ4v) is 3.39. The molecule has 0 saturated carbocycles. The van der Waals surface area contributed by atoms with E-state index in [9.17, 15) is 4.39 Å². The van der Waals surface area contributed by atoms with Crippen LogP contribution in [-0.4, -0.2) is 37.4 Å². The molecule has 0 aliphatic carbocycles. The first-order valence-corrected chi connectivity index (χ1v) is 9.95. The monoisotopic (exact) mass is 413 g/mol. The van der Waals surface area contributed by atoms with E-state index in [0.29, 0.717) is 34.2 Å². The second-order valence-corrected chi connectivity index (χ2v) is 7.19. The standard InChI is InChI=1S/C22H28FN5O2/c1-14(19-10-17(23)3-4-20(19)29-2)30-21-9-15(12-28-22(21)25)16(11-24)13-27-18-5-7-26-8-6-18/h3-4,9-14,18,24,26-27H,5-8H2,1-2H3,(H2,25,28)/b16-13+,24-11?. The zero-order valence-corrected chi connectivity index (χ0v) is 17.2. The Hall–Kier alpha value is -3.13. The number of rotatable bonds is 8. The van der Waals surface area contributed by atoms with Crippen molar-refractivity contribution in [3.63, 3.8) is 0 Å². The quantitative estimate of drug-likeness (QED) is 0.495. The highest BCUT2D eigenvalue weighted by atomic mass is 19.1. The number of hydrogen-bond donors (Lipinski definition) is 4. The molecule has 2 aromatic rings. The van der Waals surface area contributed by atoms with E-state index in [4.69, 9.17) is 20.6 Å². The highest BCUT2D eigenvalue weighted by Crippen LogP contribution is 2.32. The molecule has 1 aliphatic heterocycles. The van der Waals surface area contributed by atoms with Crippen LogP contribution in [-0.2, 0) is 0 Å². The lowest BCUT2D eigenvalue weighted by Crippen LogP contribution is -2.37. The van der Waals surface area contributed by atoms with Crippen LogP contribution in [0.4, 0.5) is 10.2 Å². The number of nitrogens with one attached hydrogen (secondary N) is 3. The van der Waals surface area contributed by atoms with E-state index >= 15 is 0 Å². The van der Waals surface area contributed by atoms with Crippen LogP contribution in [0.25, 0.3) is 5.57 Å². The summed E-state index contributed by atoms with van der Waals surface area (Å²) in [6.45, 7) is 3.75. The smallest absolute Gasteiger partial charge is 0.166 e. The molecule has 1 fully saturated rings. The van der Waals surface area contributed by atoms with Crippen molar-refractivity contribution in [2.75, 3.05) is 25.9 Å². The number of nitrogen functional groups attached to an aromatic ring is 1. The third-order valence-corrected chi connectivity index (χ3v) is 5.12. The Bertz CT molecular complexity index is 912. The molecule has 1 aliphatic rings. The molecular weight excluding hydrogens is 385 g/mol. The van der Waals surface area contributed by atoms with Gasteiger partial charge in [-0.15, -0.1) is 0 Å². The summed E-state index contributed by atoms with van der Waals surface area (Å²) >= 11 is 0. The van der Waals surface area contributed by atoms with Crippen molar-refractivity contribution in [1.82, 2.24) is 15.6 Å². The average molecular weight is 413 g/mol. The Balaban J connectivity index is 1.80. The molecular formula is C22H28FN5O2. The van der Waals surface area contributed by atoms with Crippen molar-refractivity contribution in [3.05, 3.63) is 53.6 Å². The number of aromatic nitrogens is 1. The number of anilines is 1. The number of methoxy groups -OCH3 is 1. The first-order chi connectivity index (χ1) is 14.5. The maximum Gasteiger partial charge on any atom is 0.166 e. The molecule has 7 nitrogen and oxygen atoms in total. The van der Waals surface area contributed by atoms with E-state index in [2.05, 4.69) is 15.6 Å². The number of benzene rings is 1. The van der Waals surface area contributed by atoms with E-state index in [-0.39, 0.29) is 11.6 Å². The van der Waals surface area contributed by atoms with Gasteiger partial charge in [0.15, 0.2) is 11.6 Å². The lowest BCUT2D eigenvalue weighted by Gasteiger charge is -2.23. The van der Waals surface area contributed by atoms with Gasteiger partial charge in [-0.1, -0.05) is 0 Å². The summed E-state index contributed by atoms with van der Waals surface area (Å²) in [4.78, 5) is 4.22. The van der Waals surface area contributed by atoms with Gasteiger partial charge >= 0.3 is 0 Å². The minimum atomic E-state index is -0.518. The minimum absolute atomic E-state index is 0.219. The van der Waals surface area contributed by atoms with Crippen LogP contribution in [0.3, 0.4) is 0 Å². The number of piperidine rings is 1. The number of halogens is 1. The molecule has 1 unspecified atom stereocenters. The number of ether oxygens (including phenoxy) is 2. The Morgan fingerprint density at radius 2 is 2.10 bits per heavy atom. The highest BCUT2D eigenvalue weighted by Gasteiger charge is 2.17. The maximum atomic E-state index is 13.7. The zero-order valence-electron chi connectivity index (χ0n) is 17.2. The molecule has 1 aromatic carbocycles. The summed E-state index contributed by atoms with van der Waals surface area (Å²) in [6.07, 6.45) is 6.25. The molecule has 30 heavy (non-hydrogen) atoms. The molecule has 0 radical (unpaired) electrons. The zero-order chi connectivity index (χ0) is 21.5. The summed E-state index contributed by atoms with van der Waals surface area (Å²) in [5.74, 6) is 0.731. The largest absolute Gasteiger partial charge is 0.496 e. The summed E-state index contributed by atoms with van der Waals surface area (Å²) in [5, 5.41) is 14.5. The van der Waals surface area contributed by atoms with Gasteiger partial charge in [-0.3, -0.25) is 0 Å². The Labute approximate surface area is 176 Å². The number of nitrogens with zero attached hydrogens (tertiary/aromatic N) is 1. The molecule has 1 aromatic heterocycles. The first-order valence-electron chi connectivity index (χ1n) is 9.95. The fourth-order valence-electron chi connectivity index (χ4n) is 3.39. The van der Waals surface area contributed by atoms with E-state index in [1.807, 2.05) is 6.20 Å². The third kappa shape index (κ3) is 5.27. The van der Waals surface area contributed by atoms with Gasteiger partial charge in [-0.2, -0.15) is 0 Å². The second kappa shape index (κ2) is 10.1. The van der Waals surface area contributed by atoms with E-state index < -0.39 is 6.10 Å². The molecule has 1 atom stereocenters. The summed E-state index contributed by atoms with van der Waals surface area (Å²) < 4.78 is 25.0. The Morgan fingerprint density at radius 3 is 2.80 bits per heavy atom. The van der Waals surface area contributed by atoms with Gasteiger partial charge < -0.3 is 31.3 Å². The molecule has 0 spiro atoms. The van der Waals surface area contributed by atoms with Crippen molar-refractivity contribution < 1.29 is 13.9 Å². The van der Waals surface area contributed by atoms with Gasteiger partial charge in [0.2, 0.25) is 0 Å². The summed E-state index contributed by atoms with van der Waals surface area (Å²) in [6, 6.07) is 6.39. The van der Waals surface area contributed by atoms with E-state index in [1.54, 1.807) is 25.3 Å². The van der Waals surface area contributed by atoms with Gasteiger partial charge in [-0.05, 0) is 57.1 Å². The molecule has 2 heterocycles. The highest BCUT2D eigenvalue weighted by molar-refractivity contribution is 6.08. The molecule has 1 saturated heterocycles. The van der Waals surface area contributed by atoms with Crippen LogP contribution in [0.5, 0.6) is 11.5 Å². The lowest BCUT2D eigenvalue weighted by atomic mass is 10.1. The normalized spacial score (nSPS) is 16.0. The second-order valence-electron chi connectivity index (χ2n) is 7.19. The van der Waals surface area contributed by atoms with Crippen molar-refractivity contribution in [3.8, 4) is 11.5 Å². The molecule has 0 bridgehead atoms. The summed E-state index contributed by atoms with van der Waals surface area (Å²) in [7, 11) is 1.52. The van der Waals surface area contributed by atoms with Crippen molar-refractivity contribution in [1.29, 1.82) is 5.41 Å². The molecule has 8 heteroatoms. The van der Waals surface area contributed by atoms with Gasteiger partial charge in [0.05, 0.1) is 7.11 Å². The number of allylic oxidation sites excluding steroid dienone is 1. The van der Waals surface area contributed by atoms with Crippen LogP contribution >= 0.6 is 0 Å². The van der Waals surface area contributed by atoms with Crippen molar-refractivity contribution in [2.45, 2.75) is 31.9 Å². The average Bonchev–Trinajstić information content (AvgIpc) is 2.76. The maximum absolute atomic E-state index is 13.7. The molecule has 3 rings (SSSR count). The van der Waals surface area contributed by atoms with Crippen LogP contribution in [0, 0.1) is 11.2 Å². The number of hydrogen-bond acceptors (Lipinski definition) is 7. The van der Waals surface area contributed by atoms with Gasteiger partial charge in [-0.25, -0.2) is 9.37 Å². The third-order valence-electron chi connectivity index (χ3n) is 5.12. The van der Waals surface area contributed by atoms with Crippen LogP contribution in [0.2, 0.25) is 0 Å². The summed E-state index contributed by atoms with van der Waals surface area (Å²) in [5.41, 5.74) is 7.95. The van der Waals surface area contributed by atoms with Gasteiger partial charge in [0.1, 0.15) is 17.7 Å². The topological polar surface area (TPSA) is 105 Å². The van der Waals surface area contributed by atoms with Crippen LogP contribution in [0.15, 0.2) is 36.7 Å². The van der Waals surface area contributed by atoms with Crippen molar-refractivity contribution in [2.24, 2.45) is 0 Å². The Kier molecular flexibility index (Phi) is 7.24. The lowest BCUT2D eigenvalue weighted by molar-refractivity contribution is 0.221. The van der Waals surface area contributed by atoms with E-state index in [0.717, 1.165) is 25.9 Å².